The standard InChI is InChI=1S/C23H15BrN2/c24-20-15-21-22(19-14-8-7-13-18(19)20)26(17-11-5-2-6-12-17)23(25-21)16-9-3-1-4-10-16/h1-15H. The number of imidazole rings is 1. The minimum Gasteiger partial charge on any atom is -0.292 e. The van der Waals surface area contributed by atoms with Crippen molar-refractivity contribution < 1.29 is 0 Å². The van der Waals surface area contributed by atoms with Gasteiger partial charge in [0.05, 0.1) is 11.0 Å². The number of hydrogen-bond donors (Lipinski definition) is 0. The molecule has 0 spiro atoms. The highest BCUT2D eigenvalue weighted by Gasteiger charge is 2.17. The van der Waals surface area contributed by atoms with Crippen LogP contribution in [0.5, 0.6) is 0 Å². The molecule has 1 aromatic heterocycles. The number of para-hydroxylation sites is 1. The number of fused-ring (bicyclic) bond motifs is 3. The van der Waals surface area contributed by atoms with Gasteiger partial charge in [-0.1, -0.05) is 88.7 Å². The van der Waals surface area contributed by atoms with Crippen molar-refractivity contribution in [1.82, 2.24) is 9.55 Å². The van der Waals surface area contributed by atoms with Gasteiger partial charge in [-0.3, -0.25) is 4.57 Å². The number of benzene rings is 4. The van der Waals surface area contributed by atoms with E-state index in [9.17, 15) is 0 Å². The Bertz CT molecular complexity index is 1230. The van der Waals surface area contributed by atoms with E-state index < -0.39 is 0 Å². The smallest absolute Gasteiger partial charge is 0.145 e. The number of aromatic nitrogens is 2. The zero-order chi connectivity index (χ0) is 17.5. The molecule has 0 amide bonds. The van der Waals surface area contributed by atoms with Crippen LogP contribution in [-0.4, -0.2) is 9.55 Å². The SMILES string of the molecule is Brc1cc2nc(-c3ccccc3)n(-c3ccccc3)c2c2ccccc12. The molecule has 4 aromatic carbocycles. The van der Waals surface area contributed by atoms with Gasteiger partial charge >= 0.3 is 0 Å². The van der Waals surface area contributed by atoms with Crippen LogP contribution in [0.4, 0.5) is 0 Å². The van der Waals surface area contributed by atoms with Gasteiger partial charge in [0.15, 0.2) is 0 Å². The van der Waals surface area contributed by atoms with Crippen LogP contribution in [0.2, 0.25) is 0 Å². The highest BCUT2D eigenvalue weighted by atomic mass is 79.9. The Morgan fingerprint density at radius 1 is 0.692 bits per heavy atom. The fourth-order valence-electron chi connectivity index (χ4n) is 3.50. The Labute approximate surface area is 159 Å². The van der Waals surface area contributed by atoms with E-state index in [0.717, 1.165) is 32.6 Å². The molecule has 0 aliphatic carbocycles. The molecule has 0 aliphatic heterocycles. The van der Waals surface area contributed by atoms with Gasteiger partial charge in [0.1, 0.15) is 5.82 Å². The van der Waals surface area contributed by atoms with Gasteiger partial charge in [-0.2, -0.15) is 0 Å². The first kappa shape index (κ1) is 15.4. The first-order valence-corrected chi connectivity index (χ1v) is 9.33. The van der Waals surface area contributed by atoms with Crippen molar-refractivity contribution in [3.63, 3.8) is 0 Å². The molecule has 2 nitrogen and oxygen atoms in total. The first-order chi connectivity index (χ1) is 12.8. The first-order valence-electron chi connectivity index (χ1n) is 8.53. The molecule has 0 aliphatic rings. The third-order valence-electron chi connectivity index (χ3n) is 4.65. The topological polar surface area (TPSA) is 17.8 Å². The lowest BCUT2D eigenvalue weighted by molar-refractivity contribution is 1.11. The van der Waals surface area contributed by atoms with Crippen LogP contribution in [0.1, 0.15) is 0 Å². The van der Waals surface area contributed by atoms with Gasteiger partial charge in [0.2, 0.25) is 0 Å². The van der Waals surface area contributed by atoms with Crippen LogP contribution < -0.4 is 0 Å². The Morgan fingerprint density at radius 2 is 1.31 bits per heavy atom. The molecule has 0 N–H and O–H groups in total. The van der Waals surface area contributed by atoms with Gasteiger partial charge in [-0.15, -0.1) is 0 Å². The predicted molar refractivity (Wildman–Crippen MR) is 112 cm³/mol. The fraction of sp³-hybridized carbons (Fsp3) is 0. The van der Waals surface area contributed by atoms with Crippen molar-refractivity contribution in [3.05, 3.63) is 95.5 Å². The van der Waals surface area contributed by atoms with Crippen molar-refractivity contribution in [2.75, 3.05) is 0 Å². The maximum Gasteiger partial charge on any atom is 0.145 e. The molecule has 0 radical (unpaired) electrons. The lowest BCUT2D eigenvalue weighted by Gasteiger charge is -2.11. The van der Waals surface area contributed by atoms with Gasteiger partial charge in [0.25, 0.3) is 0 Å². The van der Waals surface area contributed by atoms with Crippen molar-refractivity contribution in [1.29, 1.82) is 0 Å². The summed E-state index contributed by atoms with van der Waals surface area (Å²) in [4.78, 5) is 5.00. The lowest BCUT2D eigenvalue weighted by Crippen LogP contribution is -1.97. The second-order valence-electron chi connectivity index (χ2n) is 6.24. The minimum atomic E-state index is 0.954. The van der Waals surface area contributed by atoms with Crippen LogP contribution >= 0.6 is 15.9 Å². The zero-order valence-corrected chi connectivity index (χ0v) is 15.5. The molecular formula is C23H15BrN2. The highest BCUT2D eigenvalue weighted by Crippen LogP contribution is 2.36. The quantitative estimate of drug-likeness (QED) is 0.327. The van der Waals surface area contributed by atoms with E-state index in [1.54, 1.807) is 0 Å². The third kappa shape index (κ3) is 2.36. The molecule has 0 bridgehead atoms. The molecule has 5 rings (SSSR count). The maximum atomic E-state index is 5.00. The monoisotopic (exact) mass is 398 g/mol. The summed E-state index contributed by atoms with van der Waals surface area (Å²) in [7, 11) is 0. The van der Waals surface area contributed by atoms with Gasteiger partial charge < -0.3 is 0 Å². The summed E-state index contributed by atoms with van der Waals surface area (Å²) in [5.41, 5.74) is 4.33. The van der Waals surface area contributed by atoms with Crippen LogP contribution in [0.15, 0.2) is 95.5 Å². The van der Waals surface area contributed by atoms with Crippen LogP contribution in [0.25, 0.3) is 38.9 Å². The Hall–Kier alpha value is -2.91. The van der Waals surface area contributed by atoms with E-state index >= 15 is 0 Å². The second-order valence-corrected chi connectivity index (χ2v) is 7.10. The van der Waals surface area contributed by atoms with Gasteiger partial charge in [-0.25, -0.2) is 4.98 Å². The van der Waals surface area contributed by atoms with E-state index in [0.29, 0.717) is 0 Å². The van der Waals surface area contributed by atoms with E-state index in [1.807, 2.05) is 12.1 Å². The summed E-state index contributed by atoms with van der Waals surface area (Å²) in [5.74, 6) is 0.954. The molecule has 3 heteroatoms. The fourth-order valence-corrected chi connectivity index (χ4v) is 4.06. The van der Waals surface area contributed by atoms with Crippen LogP contribution in [0.3, 0.4) is 0 Å². The van der Waals surface area contributed by atoms with E-state index in [1.165, 1.54) is 10.8 Å². The molecular weight excluding hydrogens is 384 g/mol. The molecule has 0 unspecified atom stereocenters. The number of nitrogens with zero attached hydrogens (tertiary/aromatic N) is 2. The van der Waals surface area contributed by atoms with E-state index in [2.05, 4.69) is 99.4 Å². The molecule has 124 valence electrons. The summed E-state index contributed by atoms with van der Waals surface area (Å²) in [5, 5.41) is 2.38. The zero-order valence-electron chi connectivity index (χ0n) is 13.9. The Balaban J connectivity index is 1.98. The molecule has 0 saturated heterocycles. The second kappa shape index (κ2) is 6.11. The maximum absolute atomic E-state index is 5.00. The van der Waals surface area contributed by atoms with Crippen LogP contribution in [0, 0.1) is 0 Å². The van der Waals surface area contributed by atoms with Crippen LogP contribution in [-0.2, 0) is 0 Å². The largest absolute Gasteiger partial charge is 0.292 e. The molecule has 0 saturated carbocycles. The summed E-state index contributed by atoms with van der Waals surface area (Å²) in [6, 6.07) is 31.4. The number of halogens is 1. The summed E-state index contributed by atoms with van der Waals surface area (Å²) in [6.07, 6.45) is 0. The Kier molecular flexibility index (Phi) is 3.61. The summed E-state index contributed by atoms with van der Waals surface area (Å²) in [6.45, 7) is 0. The molecule has 0 atom stereocenters. The van der Waals surface area contributed by atoms with Gasteiger partial charge in [-0.05, 0) is 23.6 Å². The number of rotatable bonds is 2. The van der Waals surface area contributed by atoms with Crippen molar-refractivity contribution in [2.24, 2.45) is 0 Å². The van der Waals surface area contributed by atoms with Crippen molar-refractivity contribution in [2.45, 2.75) is 0 Å². The average Bonchev–Trinajstić information content (AvgIpc) is 3.09. The highest BCUT2D eigenvalue weighted by molar-refractivity contribution is 9.10. The summed E-state index contributed by atoms with van der Waals surface area (Å²) >= 11 is 3.72. The third-order valence-corrected chi connectivity index (χ3v) is 5.31. The van der Waals surface area contributed by atoms with Crippen molar-refractivity contribution >= 4 is 37.7 Å². The Morgan fingerprint density at radius 3 is 2.04 bits per heavy atom. The molecule has 26 heavy (non-hydrogen) atoms. The van der Waals surface area contributed by atoms with E-state index in [-0.39, 0.29) is 0 Å². The normalized spacial score (nSPS) is 11.3. The molecule has 0 fully saturated rings. The molecule has 1 heterocycles. The lowest BCUT2D eigenvalue weighted by atomic mass is 10.1. The van der Waals surface area contributed by atoms with E-state index in [4.69, 9.17) is 4.98 Å². The summed E-state index contributed by atoms with van der Waals surface area (Å²) < 4.78 is 3.33. The van der Waals surface area contributed by atoms with Gasteiger partial charge in [0, 0.05) is 21.1 Å². The van der Waals surface area contributed by atoms with Crippen molar-refractivity contribution in [3.8, 4) is 17.1 Å². The minimum absolute atomic E-state index is 0.954. The number of hydrogen-bond acceptors (Lipinski definition) is 1. The average molecular weight is 399 g/mol. The molecule has 5 aromatic rings. The predicted octanol–water partition coefficient (Wildman–Crippen LogP) is 6.61.